The van der Waals surface area contributed by atoms with Gasteiger partial charge in [0.05, 0.1) is 5.02 Å². The van der Waals surface area contributed by atoms with Crippen LogP contribution in [0.25, 0.3) is 0 Å². The summed E-state index contributed by atoms with van der Waals surface area (Å²) in [6.07, 6.45) is -0.448. The van der Waals surface area contributed by atoms with Crippen molar-refractivity contribution in [2.45, 2.75) is 45.8 Å². The lowest BCUT2D eigenvalue weighted by Crippen LogP contribution is -2.42. The predicted octanol–water partition coefficient (Wildman–Crippen LogP) is 3.37. The minimum atomic E-state index is -0.934. The highest BCUT2D eigenvalue weighted by atomic mass is 79.9. The van der Waals surface area contributed by atoms with Crippen molar-refractivity contribution in [3.05, 3.63) is 33.3 Å². The third-order valence-corrected chi connectivity index (χ3v) is 3.92. The fourth-order valence-corrected chi connectivity index (χ4v) is 2.16. The SMILES string of the molecule is C[C@H](NC(=O)OC(C)(C)C)C(=O)O/N=C(\N)Cc1ccc(Cl)c(Br)c1. The van der Waals surface area contributed by atoms with Gasteiger partial charge in [0.25, 0.3) is 0 Å². The lowest BCUT2D eigenvalue weighted by Gasteiger charge is -2.20. The second-order valence-corrected chi connectivity index (χ2v) is 7.55. The number of carbonyl (C=O) groups is 2. The Bertz CT molecular complexity index is 674. The number of nitrogens with two attached hydrogens (primary N) is 1. The predicted molar refractivity (Wildman–Crippen MR) is 99.4 cm³/mol. The third-order valence-electron chi connectivity index (χ3n) is 2.71. The molecule has 0 fully saturated rings. The number of amides is 1. The van der Waals surface area contributed by atoms with Crippen molar-refractivity contribution in [3.8, 4) is 0 Å². The van der Waals surface area contributed by atoms with Gasteiger partial charge in [-0.15, -0.1) is 0 Å². The van der Waals surface area contributed by atoms with E-state index in [9.17, 15) is 9.59 Å². The van der Waals surface area contributed by atoms with Gasteiger partial charge < -0.3 is 20.6 Å². The summed E-state index contributed by atoms with van der Waals surface area (Å²) in [7, 11) is 0. The average Bonchev–Trinajstić information content (AvgIpc) is 2.46. The van der Waals surface area contributed by atoms with Crippen molar-refractivity contribution in [2.75, 3.05) is 0 Å². The second kappa shape index (κ2) is 9.05. The Kier molecular flexibility index (Phi) is 7.69. The molecule has 1 aromatic carbocycles. The maximum atomic E-state index is 11.8. The van der Waals surface area contributed by atoms with Gasteiger partial charge in [0.1, 0.15) is 17.5 Å². The molecule has 0 unspecified atom stereocenters. The van der Waals surface area contributed by atoms with Gasteiger partial charge >= 0.3 is 12.1 Å². The zero-order valence-electron chi connectivity index (χ0n) is 14.4. The monoisotopic (exact) mass is 433 g/mol. The Balaban J connectivity index is 2.53. The molecule has 0 heterocycles. The van der Waals surface area contributed by atoms with Crippen LogP contribution in [0.5, 0.6) is 0 Å². The quantitative estimate of drug-likeness (QED) is 0.320. The van der Waals surface area contributed by atoms with E-state index in [0.717, 1.165) is 10.0 Å². The molecule has 0 aliphatic heterocycles. The molecule has 0 spiro atoms. The number of alkyl carbamates (subject to hydrolysis) is 1. The average molecular weight is 435 g/mol. The second-order valence-electron chi connectivity index (χ2n) is 6.29. The third kappa shape index (κ3) is 8.22. The number of ether oxygens (including phenoxy) is 1. The molecule has 0 aromatic heterocycles. The first-order valence-corrected chi connectivity index (χ1v) is 8.61. The van der Waals surface area contributed by atoms with E-state index >= 15 is 0 Å². The molecule has 25 heavy (non-hydrogen) atoms. The number of oxime groups is 1. The number of rotatable bonds is 5. The normalized spacial score (nSPS) is 13.1. The molecule has 0 saturated carbocycles. The summed E-state index contributed by atoms with van der Waals surface area (Å²) in [5, 5.41) is 6.51. The zero-order chi connectivity index (χ0) is 19.2. The Morgan fingerprint density at radius 1 is 1.40 bits per heavy atom. The lowest BCUT2D eigenvalue weighted by molar-refractivity contribution is -0.145. The topological polar surface area (TPSA) is 103 Å². The largest absolute Gasteiger partial charge is 0.444 e. The van der Waals surface area contributed by atoms with E-state index in [0.29, 0.717) is 5.02 Å². The first-order chi connectivity index (χ1) is 11.5. The molecule has 9 heteroatoms. The minimum absolute atomic E-state index is 0.104. The summed E-state index contributed by atoms with van der Waals surface area (Å²) in [6, 6.07) is 4.35. The van der Waals surface area contributed by atoms with Crippen LogP contribution in [0.15, 0.2) is 27.8 Å². The van der Waals surface area contributed by atoms with Crippen molar-refractivity contribution < 1.29 is 19.2 Å². The van der Waals surface area contributed by atoms with Gasteiger partial charge in [-0.25, -0.2) is 9.59 Å². The summed E-state index contributed by atoms with van der Waals surface area (Å²) in [4.78, 5) is 28.2. The van der Waals surface area contributed by atoms with Crippen molar-refractivity contribution in [1.82, 2.24) is 5.32 Å². The lowest BCUT2D eigenvalue weighted by atomic mass is 10.1. The number of benzene rings is 1. The van der Waals surface area contributed by atoms with Crippen LogP contribution in [0.4, 0.5) is 4.79 Å². The highest BCUT2D eigenvalue weighted by Gasteiger charge is 2.22. The van der Waals surface area contributed by atoms with Crippen molar-refractivity contribution in [1.29, 1.82) is 0 Å². The number of carbonyl (C=O) groups excluding carboxylic acids is 2. The van der Waals surface area contributed by atoms with E-state index < -0.39 is 23.7 Å². The number of nitrogens with zero attached hydrogens (tertiary/aromatic N) is 1. The molecular weight excluding hydrogens is 414 g/mol. The summed E-state index contributed by atoms with van der Waals surface area (Å²) in [5.74, 6) is -0.655. The molecular formula is C16H21BrClN3O4. The molecule has 1 atom stereocenters. The number of hydrogen-bond donors (Lipinski definition) is 2. The van der Waals surface area contributed by atoms with E-state index in [1.807, 2.05) is 0 Å². The van der Waals surface area contributed by atoms with Crippen LogP contribution in [-0.2, 0) is 20.8 Å². The maximum absolute atomic E-state index is 11.8. The number of nitrogens with one attached hydrogen (secondary N) is 1. The Morgan fingerprint density at radius 2 is 2.04 bits per heavy atom. The highest BCUT2D eigenvalue weighted by Crippen LogP contribution is 2.23. The van der Waals surface area contributed by atoms with Crippen molar-refractivity contribution >= 4 is 45.4 Å². The summed E-state index contributed by atoms with van der Waals surface area (Å²) in [5.41, 5.74) is 5.92. The standard InChI is InChI=1S/C16H21BrClN3O4/c1-9(20-15(23)24-16(2,3)4)14(22)25-21-13(19)8-10-5-6-12(18)11(17)7-10/h5-7,9H,8H2,1-4H3,(H2,19,21)(H,20,23)/t9-/m0/s1. The van der Waals surface area contributed by atoms with E-state index in [4.69, 9.17) is 26.9 Å². The minimum Gasteiger partial charge on any atom is -0.444 e. The molecule has 0 aliphatic carbocycles. The van der Waals surface area contributed by atoms with E-state index in [1.54, 1.807) is 39.0 Å². The van der Waals surface area contributed by atoms with Gasteiger partial charge in [0.15, 0.2) is 0 Å². The smallest absolute Gasteiger partial charge is 0.408 e. The van der Waals surface area contributed by atoms with Crippen molar-refractivity contribution in [2.24, 2.45) is 10.9 Å². The van der Waals surface area contributed by atoms with E-state index in [1.165, 1.54) is 6.92 Å². The maximum Gasteiger partial charge on any atom is 0.408 e. The molecule has 3 N–H and O–H groups in total. The van der Waals surface area contributed by atoms with Crippen LogP contribution >= 0.6 is 27.5 Å². The van der Waals surface area contributed by atoms with Gasteiger partial charge in [-0.1, -0.05) is 22.8 Å². The summed E-state index contributed by atoms with van der Waals surface area (Å²) >= 11 is 9.22. The van der Waals surface area contributed by atoms with Crippen LogP contribution in [0.2, 0.25) is 5.02 Å². The fourth-order valence-electron chi connectivity index (χ4n) is 1.62. The first-order valence-electron chi connectivity index (χ1n) is 7.44. The van der Waals surface area contributed by atoms with Gasteiger partial charge in [-0.3, -0.25) is 0 Å². The Hall–Kier alpha value is -1.80. The number of amidine groups is 1. The van der Waals surface area contributed by atoms with Gasteiger partial charge in [0, 0.05) is 10.9 Å². The summed E-state index contributed by atoms with van der Waals surface area (Å²) in [6.45, 7) is 6.61. The van der Waals surface area contributed by atoms with Crippen LogP contribution in [0.3, 0.4) is 0 Å². The number of hydrogen-bond acceptors (Lipinski definition) is 5. The van der Waals surface area contributed by atoms with Crippen LogP contribution in [0.1, 0.15) is 33.3 Å². The first kappa shape index (κ1) is 21.2. The molecule has 0 saturated heterocycles. The summed E-state index contributed by atoms with van der Waals surface area (Å²) < 4.78 is 5.78. The van der Waals surface area contributed by atoms with Crippen molar-refractivity contribution in [3.63, 3.8) is 0 Å². The van der Waals surface area contributed by atoms with Gasteiger partial charge in [-0.05, 0) is 61.3 Å². The molecule has 0 bridgehead atoms. The molecule has 138 valence electrons. The molecule has 1 aromatic rings. The van der Waals surface area contributed by atoms with Crippen LogP contribution < -0.4 is 11.1 Å². The van der Waals surface area contributed by atoms with E-state index in [2.05, 4.69) is 26.4 Å². The molecule has 7 nitrogen and oxygen atoms in total. The molecule has 1 rings (SSSR count). The van der Waals surface area contributed by atoms with Gasteiger partial charge in [-0.2, -0.15) is 0 Å². The fraction of sp³-hybridized carbons (Fsp3) is 0.438. The highest BCUT2D eigenvalue weighted by molar-refractivity contribution is 9.10. The van der Waals surface area contributed by atoms with Crippen LogP contribution in [0, 0.1) is 0 Å². The van der Waals surface area contributed by atoms with Crippen LogP contribution in [-0.4, -0.2) is 29.5 Å². The molecule has 0 radical (unpaired) electrons. The Labute approximate surface area is 160 Å². The molecule has 0 aliphatic rings. The Morgan fingerprint density at radius 3 is 2.60 bits per heavy atom. The molecule has 1 amide bonds. The van der Waals surface area contributed by atoms with Gasteiger partial charge in [0.2, 0.25) is 0 Å². The number of halogens is 2. The van der Waals surface area contributed by atoms with E-state index in [-0.39, 0.29) is 12.3 Å². The zero-order valence-corrected chi connectivity index (χ0v) is 16.8.